The predicted octanol–water partition coefficient (Wildman–Crippen LogP) is 2.49. The van der Waals surface area contributed by atoms with Crippen molar-refractivity contribution in [2.75, 3.05) is 20.1 Å². The molecule has 2 heteroatoms. The lowest BCUT2D eigenvalue weighted by Gasteiger charge is -2.34. The first kappa shape index (κ1) is 13.0. The zero-order valence-corrected chi connectivity index (χ0v) is 10.9. The molecular formula is C13H28N2. The highest BCUT2D eigenvalue weighted by Crippen LogP contribution is 2.30. The monoisotopic (exact) mass is 212 g/mol. The van der Waals surface area contributed by atoms with Crippen molar-refractivity contribution in [1.82, 2.24) is 10.2 Å². The van der Waals surface area contributed by atoms with Gasteiger partial charge in [-0.15, -0.1) is 0 Å². The molecule has 1 N–H and O–H groups in total. The lowest BCUT2D eigenvalue weighted by Crippen LogP contribution is -2.48. The Balaban J connectivity index is 2.43. The van der Waals surface area contributed by atoms with E-state index in [1.54, 1.807) is 0 Å². The maximum Gasteiger partial charge on any atom is 0.0220 e. The second kappa shape index (κ2) is 6.49. The van der Waals surface area contributed by atoms with Crippen molar-refractivity contribution in [3.8, 4) is 0 Å². The van der Waals surface area contributed by atoms with Crippen LogP contribution in [0.4, 0.5) is 0 Å². The molecule has 2 nitrogen and oxygen atoms in total. The molecule has 1 saturated carbocycles. The SMILES string of the molecule is CCCN(CC1CC1)C(C)C(CC)NC. The van der Waals surface area contributed by atoms with E-state index in [1.807, 2.05) is 0 Å². The van der Waals surface area contributed by atoms with Crippen molar-refractivity contribution in [2.24, 2.45) is 5.92 Å². The fraction of sp³-hybridized carbons (Fsp3) is 1.00. The molecule has 0 aromatic rings. The summed E-state index contributed by atoms with van der Waals surface area (Å²) in [5.74, 6) is 1.01. The zero-order valence-electron chi connectivity index (χ0n) is 10.9. The molecule has 0 spiro atoms. The van der Waals surface area contributed by atoms with Crippen molar-refractivity contribution < 1.29 is 0 Å². The smallest absolute Gasteiger partial charge is 0.0220 e. The minimum Gasteiger partial charge on any atom is -0.315 e. The van der Waals surface area contributed by atoms with Crippen LogP contribution in [0.1, 0.15) is 46.5 Å². The molecule has 1 rings (SSSR count). The molecule has 1 aliphatic rings. The van der Waals surface area contributed by atoms with Crippen LogP contribution < -0.4 is 5.32 Å². The van der Waals surface area contributed by atoms with Gasteiger partial charge in [0.2, 0.25) is 0 Å². The van der Waals surface area contributed by atoms with Crippen molar-refractivity contribution in [1.29, 1.82) is 0 Å². The molecule has 1 fully saturated rings. The van der Waals surface area contributed by atoms with Gasteiger partial charge in [-0.2, -0.15) is 0 Å². The van der Waals surface area contributed by atoms with Gasteiger partial charge in [0, 0.05) is 18.6 Å². The van der Waals surface area contributed by atoms with Gasteiger partial charge in [-0.05, 0) is 52.1 Å². The topological polar surface area (TPSA) is 15.3 Å². The van der Waals surface area contributed by atoms with Gasteiger partial charge in [0.1, 0.15) is 0 Å². The minimum absolute atomic E-state index is 0.648. The van der Waals surface area contributed by atoms with E-state index in [0.29, 0.717) is 12.1 Å². The molecule has 0 amide bonds. The second-order valence-electron chi connectivity index (χ2n) is 4.98. The Morgan fingerprint density at radius 3 is 2.40 bits per heavy atom. The van der Waals surface area contributed by atoms with E-state index in [2.05, 4.69) is 38.0 Å². The number of hydrogen-bond acceptors (Lipinski definition) is 2. The lowest BCUT2D eigenvalue weighted by molar-refractivity contribution is 0.163. The molecule has 0 heterocycles. The molecule has 0 aromatic carbocycles. The summed E-state index contributed by atoms with van der Waals surface area (Å²) in [5.41, 5.74) is 0. The Morgan fingerprint density at radius 1 is 1.33 bits per heavy atom. The lowest BCUT2D eigenvalue weighted by atomic mass is 10.1. The molecular weight excluding hydrogens is 184 g/mol. The Bertz CT molecular complexity index is 162. The molecule has 2 unspecified atom stereocenters. The first-order valence-electron chi connectivity index (χ1n) is 6.64. The van der Waals surface area contributed by atoms with Crippen LogP contribution >= 0.6 is 0 Å². The van der Waals surface area contributed by atoms with Crippen LogP contribution in [-0.2, 0) is 0 Å². The quantitative estimate of drug-likeness (QED) is 0.665. The molecule has 0 bridgehead atoms. The number of rotatable bonds is 8. The first-order chi connectivity index (χ1) is 7.22. The number of hydrogen-bond donors (Lipinski definition) is 1. The normalized spacial score (nSPS) is 20.6. The first-order valence-corrected chi connectivity index (χ1v) is 6.64. The zero-order chi connectivity index (χ0) is 11.3. The van der Waals surface area contributed by atoms with E-state index in [4.69, 9.17) is 0 Å². The third kappa shape index (κ3) is 4.12. The van der Waals surface area contributed by atoms with Crippen LogP contribution in [0.25, 0.3) is 0 Å². The highest BCUT2D eigenvalue weighted by atomic mass is 15.2. The average Bonchev–Trinajstić information content (AvgIpc) is 3.03. The van der Waals surface area contributed by atoms with Gasteiger partial charge >= 0.3 is 0 Å². The van der Waals surface area contributed by atoms with Gasteiger partial charge < -0.3 is 5.32 Å². The van der Waals surface area contributed by atoms with Crippen LogP contribution in [0.2, 0.25) is 0 Å². The second-order valence-corrected chi connectivity index (χ2v) is 4.98. The van der Waals surface area contributed by atoms with Gasteiger partial charge in [0.15, 0.2) is 0 Å². The maximum atomic E-state index is 3.44. The van der Waals surface area contributed by atoms with E-state index in [0.717, 1.165) is 5.92 Å². The molecule has 1 aliphatic carbocycles. The van der Waals surface area contributed by atoms with E-state index in [1.165, 1.54) is 38.8 Å². The van der Waals surface area contributed by atoms with Crippen molar-refractivity contribution in [3.63, 3.8) is 0 Å². The van der Waals surface area contributed by atoms with Crippen LogP contribution in [0, 0.1) is 5.92 Å². The summed E-state index contributed by atoms with van der Waals surface area (Å²) in [6.45, 7) is 9.53. The molecule has 0 aliphatic heterocycles. The van der Waals surface area contributed by atoms with Gasteiger partial charge in [0.05, 0.1) is 0 Å². The summed E-state index contributed by atoms with van der Waals surface area (Å²) in [5, 5.41) is 3.44. The molecule has 0 aromatic heterocycles. The summed E-state index contributed by atoms with van der Waals surface area (Å²) in [6, 6.07) is 1.33. The fourth-order valence-corrected chi connectivity index (χ4v) is 2.42. The predicted molar refractivity (Wildman–Crippen MR) is 67.2 cm³/mol. The molecule has 0 saturated heterocycles. The van der Waals surface area contributed by atoms with Crippen LogP contribution in [-0.4, -0.2) is 37.1 Å². The Kier molecular flexibility index (Phi) is 5.62. The molecule has 0 radical (unpaired) electrons. The minimum atomic E-state index is 0.648. The summed E-state index contributed by atoms with van der Waals surface area (Å²) >= 11 is 0. The van der Waals surface area contributed by atoms with Crippen LogP contribution in [0.15, 0.2) is 0 Å². The van der Waals surface area contributed by atoms with Gasteiger partial charge in [-0.25, -0.2) is 0 Å². The highest BCUT2D eigenvalue weighted by Gasteiger charge is 2.28. The van der Waals surface area contributed by atoms with E-state index in [9.17, 15) is 0 Å². The largest absolute Gasteiger partial charge is 0.315 e. The summed E-state index contributed by atoms with van der Waals surface area (Å²) < 4.78 is 0. The summed E-state index contributed by atoms with van der Waals surface area (Å²) in [6.07, 6.45) is 5.42. The van der Waals surface area contributed by atoms with Gasteiger partial charge in [0.25, 0.3) is 0 Å². The Hall–Kier alpha value is -0.0800. The standard InChI is InChI=1S/C13H28N2/c1-5-9-15(10-12-7-8-12)11(3)13(6-2)14-4/h11-14H,5-10H2,1-4H3. The highest BCUT2D eigenvalue weighted by molar-refractivity contribution is 4.84. The maximum absolute atomic E-state index is 3.44. The van der Waals surface area contributed by atoms with E-state index >= 15 is 0 Å². The van der Waals surface area contributed by atoms with Gasteiger partial charge in [-0.3, -0.25) is 4.90 Å². The van der Waals surface area contributed by atoms with Crippen molar-refractivity contribution in [2.45, 2.75) is 58.5 Å². The summed E-state index contributed by atoms with van der Waals surface area (Å²) in [4.78, 5) is 2.68. The van der Waals surface area contributed by atoms with E-state index in [-0.39, 0.29) is 0 Å². The molecule has 15 heavy (non-hydrogen) atoms. The van der Waals surface area contributed by atoms with Crippen molar-refractivity contribution >= 4 is 0 Å². The number of likely N-dealkylation sites (N-methyl/N-ethyl adjacent to an activating group) is 1. The third-order valence-electron chi connectivity index (χ3n) is 3.67. The third-order valence-corrected chi connectivity index (χ3v) is 3.67. The Labute approximate surface area is 95.4 Å². The summed E-state index contributed by atoms with van der Waals surface area (Å²) in [7, 11) is 2.09. The number of nitrogens with zero attached hydrogens (tertiary/aromatic N) is 1. The Morgan fingerprint density at radius 2 is 2.00 bits per heavy atom. The van der Waals surface area contributed by atoms with Gasteiger partial charge in [-0.1, -0.05) is 13.8 Å². The molecule has 2 atom stereocenters. The average molecular weight is 212 g/mol. The number of nitrogens with one attached hydrogen (secondary N) is 1. The van der Waals surface area contributed by atoms with E-state index < -0.39 is 0 Å². The van der Waals surface area contributed by atoms with Crippen molar-refractivity contribution in [3.05, 3.63) is 0 Å². The van der Waals surface area contributed by atoms with Crippen LogP contribution in [0.3, 0.4) is 0 Å². The van der Waals surface area contributed by atoms with Crippen LogP contribution in [0.5, 0.6) is 0 Å². The molecule has 90 valence electrons. The fourth-order valence-electron chi connectivity index (χ4n) is 2.42.